The van der Waals surface area contributed by atoms with Gasteiger partial charge in [0.1, 0.15) is 5.75 Å². The van der Waals surface area contributed by atoms with Gasteiger partial charge in [0, 0.05) is 12.7 Å². The summed E-state index contributed by atoms with van der Waals surface area (Å²) in [5, 5.41) is 4.74. The number of nitrogens with zero attached hydrogens (tertiary/aromatic N) is 1. The van der Waals surface area contributed by atoms with E-state index in [1.165, 1.54) is 11.4 Å². The number of nitrogens with one attached hydrogen (secondary N) is 1. The molecule has 0 spiro atoms. The van der Waals surface area contributed by atoms with Gasteiger partial charge in [-0.25, -0.2) is 8.42 Å². The molecule has 6 nitrogen and oxygen atoms in total. The summed E-state index contributed by atoms with van der Waals surface area (Å²) in [5.74, 6) is 0.206. The van der Waals surface area contributed by atoms with Crippen molar-refractivity contribution in [3.8, 4) is 5.75 Å². The van der Waals surface area contributed by atoms with Crippen LogP contribution in [0, 0.1) is 20.8 Å². The van der Waals surface area contributed by atoms with Crippen LogP contribution in [0.25, 0.3) is 10.8 Å². The quantitative estimate of drug-likeness (QED) is 0.367. The van der Waals surface area contributed by atoms with Crippen LogP contribution in [0.3, 0.4) is 0 Å². The fraction of sp³-hybridized carbons (Fsp3) is 0.179. The summed E-state index contributed by atoms with van der Waals surface area (Å²) in [6.45, 7) is 5.77. The van der Waals surface area contributed by atoms with Crippen LogP contribution >= 0.6 is 0 Å². The topological polar surface area (TPSA) is 75.7 Å². The highest BCUT2D eigenvalue weighted by Crippen LogP contribution is 2.27. The van der Waals surface area contributed by atoms with Gasteiger partial charge in [0.25, 0.3) is 15.9 Å². The number of hydrogen-bond acceptors (Lipinski definition) is 4. The van der Waals surface area contributed by atoms with E-state index in [2.05, 4.69) is 5.32 Å². The number of ether oxygens (including phenoxy) is 1. The molecular formula is C28H28N2O4S. The monoisotopic (exact) mass is 488 g/mol. The fourth-order valence-electron chi connectivity index (χ4n) is 4.08. The van der Waals surface area contributed by atoms with Crippen molar-refractivity contribution < 1.29 is 17.9 Å². The SMILES string of the molecule is Cc1cc(C)c(NC(=O)COc2ccc(N(C)S(=O)(=O)c3ccc4ccccc4c3)cc2)c(C)c1. The number of benzene rings is 4. The molecule has 0 aliphatic heterocycles. The molecule has 0 saturated carbocycles. The van der Waals surface area contributed by atoms with Crippen LogP contribution in [0.2, 0.25) is 0 Å². The Hall–Kier alpha value is -3.84. The first-order valence-electron chi connectivity index (χ1n) is 11.2. The van der Waals surface area contributed by atoms with Gasteiger partial charge in [-0.2, -0.15) is 0 Å². The smallest absolute Gasteiger partial charge is 0.264 e. The zero-order valence-corrected chi connectivity index (χ0v) is 21.0. The lowest BCUT2D eigenvalue weighted by molar-refractivity contribution is -0.118. The molecule has 0 aromatic heterocycles. The Balaban J connectivity index is 1.42. The Kier molecular flexibility index (Phi) is 6.80. The van der Waals surface area contributed by atoms with E-state index in [1.807, 2.05) is 57.2 Å². The largest absolute Gasteiger partial charge is 0.484 e. The van der Waals surface area contributed by atoms with E-state index in [1.54, 1.807) is 42.5 Å². The van der Waals surface area contributed by atoms with Crippen LogP contribution < -0.4 is 14.4 Å². The summed E-state index contributed by atoms with van der Waals surface area (Å²) < 4.78 is 33.2. The highest BCUT2D eigenvalue weighted by molar-refractivity contribution is 7.92. The number of rotatable bonds is 7. The molecule has 4 rings (SSSR count). The number of amides is 1. The first kappa shape index (κ1) is 24.3. The van der Waals surface area contributed by atoms with Crippen molar-refractivity contribution in [3.63, 3.8) is 0 Å². The number of hydrogen-bond donors (Lipinski definition) is 1. The summed E-state index contributed by atoms with van der Waals surface area (Å²) >= 11 is 0. The zero-order chi connectivity index (χ0) is 25.2. The van der Waals surface area contributed by atoms with Crippen molar-refractivity contribution in [2.24, 2.45) is 0 Å². The average Bonchev–Trinajstić information content (AvgIpc) is 2.84. The minimum Gasteiger partial charge on any atom is -0.484 e. The van der Waals surface area contributed by atoms with Crippen LogP contribution in [-0.4, -0.2) is 28.0 Å². The van der Waals surface area contributed by atoms with Crippen molar-refractivity contribution in [2.75, 3.05) is 23.3 Å². The third kappa shape index (κ3) is 5.30. The Labute approximate surface area is 206 Å². The number of fused-ring (bicyclic) bond motifs is 1. The molecule has 4 aromatic rings. The van der Waals surface area contributed by atoms with E-state index in [0.717, 1.165) is 33.2 Å². The van der Waals surface area contributed by atoms with Crippen LogP contribution in [0.4, 0.5) is 11.4 Å². The standard InChI is InChI=1S/C28H28N2O4S/c1-19-15-20(2)28(21(3)16-19)29-27(31)18-34-25-12-10-24(11-13-25)30(4)35(32,33)26-14-9-22-7-5-6-8-23(22)17-26/h5-17H,18H2,1-4H3,(H,29,31). The van der Waals surface area contributed by atoms with Gasteiger partial charge in [0.2, 0.25) is 0 Å². The molecule has 0 fully saturated rings. The highest BCUT2D eigenvalue weighted by atomic mass is 32.2. The average molecular weight is 489 g/mol. The second-order valence-corrected chi connectivity index (χ2v) is 10.6. The molecule has 0 aliphatic rings. The predicted molar refractivity (Wildman–Crippen MR) is 141 cm³/mol. The number of aryl methyl sites for hydroxylation is 3. The van der Waals surface area contributed by atoms with Crippen molar-refractivity contribution >= 4 is 38.1 Å². The first-order chi connectivity index (χ1) is 16.6. The van der Waals surface area contributed by atoms with Gasteiger partial charge in [0.15, 0.2) is 6.61 Å². The maximum atomic E-state index is 13.2. The molecule has 0 heterocycles. The molecule has 0 unspecified atom stereocenters. The zero-order valence-electron chi connectivity index (χ0n) is 20.2. The van der Waals surface area contributed by atoms with Crippen LogP contribution in [0.1, 0.15) is 16.7 Å². The van der Waals surface area contributed by atoms with E-state index in [0.29, 0.717) is 11.4 Å². The molecule has 1 N–H and O–H groups in total. The summed E-state index contributed by atoms with van der Waals surface area (Å²) in [6, 6.07) is 23.4. The molecule has 1 amide bonds. The van der Waals surface area contributed by atoms with Crippen LogP contribution in [0.5, 0.6) is 5.75 Å². The van der Waals surface area contributed by atoms with Gasteiger partial charge >= 0.3 is 0 Å². The number of sulfonamides is 1. The van der Waals surface area contributed by atoms with Gasteiger partial charge in [-0.1, -0.05) is 48.0 Å². The number of carbonyl (C=O) groups is 1. The van der Waals surface area contributed by atoms with Gasteiger partial charge in [0.05, 0.1) is 10.6 Å². The third-order valence-corrected chi connectivity index (χ3v) is 7.67. The van der Waals surface area contributed by atoms with Gasteiger partial charge in [-0.15, -0.1) is 0 Å². The summed E-state index contributed by atoms with van der Waals surface area (Å²) in [6.07, 6.45) is 0. The first-order valence-corrected chi connectivity index (χ1v) is 12.7. The van der Waals surface area contributed by atoms with E-state index >= 15 is 0 Å². The van der Waals surface area contributed by atoms with E-state index in [-0.39, 0.29) is 17.4 Å². The maximum absolute atomic E-state index is 13.2. The fourth-order valence-corrected chi connectivity index (χ4v) is 5.31. The molecule has 0 bridgehead atoms. The van der Waals surface area contributed by atoms with Crippen molar-refractivity contribution in [1.82, 2.24) is 0 Å². The minimum absolute atomic E-state index is 0.155. The molecule has 4 aromatic carbocycles. The molecule has 180 valence electrons. The van der Waals surface area contributed by atoms with Crippen molar-refractivity contribution in [1.29, 1.82) is 0 Å². The second kappa shape index (κ2) is 9.80. The number of carbonyl (C=O) groups excluding carboxylic acids is 1. The maximum Gasteiger partial charge on any atom is 0.264 e. The van der Waals surface area contributed by atoms with E-state index in [4.69, 9.17) is 4.74 Å². The Morgan fingerprint density at radius 3 is 2.14 bits per heavy atom. The molecule has 0 saturated heterocycles. The van der Waals surface area contributed by atoms with E-state index in [9.17, 15) is 13.2 Å². The summed E-state index contributed by atoms with van der Waals surface area (Å²) in [4.78, 5) is 12.6. The Morgan fingerprint density at radius 2 is 1.49 bits per heavy atom. The molecule has 35 heavy (non-hydrogen) atoms. The summed E-state index contributed by atoms with van der Waals surface area (Å²) in [5.41, 5.74) is 4.41. The highest BCUT2D eigenvalue weighted by Gasteiger charge is 2.21. The third-order valence-electron chi connectivity index (χ3n) is 5.89. The van der Waals surface area contributed by atoms with Gasteiger partial charge in [-0.05, 0) is 79.1 Å². The lowest BCUT2D eigenvalue weighted by atomic mass is 10.1. The molecule has 7 heteroatoms. The number of anilines is 2. The minimum atomic E-state index is -3.74. The summed E-state index contributed by atoms with van der Waals surface area (Å²) in [7, 11) is -2.23. The van der Waals surface area contributed by atoms with Gasteiger partial charge in [-0.3, -0.25) is 9.10 Å². The van der Waals surface area contributed by atoms with Crippen molar-refractivity contribution in [3.05, 3.63) is 95.6 Å². The molecule has 0 radical (unpaired) electrons. The Bertz CT molecular complexity index is 1470. The molecule has 0 aliphatic carbocycles. The van der Waals surface area contributed by atoms with Gasteiger partial charge < -0.3 is 10.1 Å². The van der Waals surface area contributed by atoms with Crippen LogP contribution in [-0.2, 0) is 14.8 Å². The lowest BCUT2D eigenvalue weighted by Gasteiger charge is -2.20. The molecule has 0 atom stereocenters. The van der Waals surface area contributed by atoms with Crippen molar-refractivity contribution in [2.45, 2.75) is 25.7 Å². The van der Waals surface area contributed by atoms with Crippen LogP contribution in [0.15, 0.2) is 83.8 Å². The second-order valence-electron chi connectivity index (χ2n) is 8.59. The van der Waals surface area contributed by atoms with E-state index < -0.39 is 10.0 Å². The molecular weight excluding hydrogens is 460 g/mol. The normalized spacial score (nSPS) is 11.3. The lowest BCUT2D eigenvalue weighted by Crippen LogP contribution is -2.26. The predicted octanol–water partition coefficient (Wildman–Crippen LogP) is 5.61. The Morgan fingerprint density at radius 1 is 0.857 bits per heavy atom.